The Hall–Kier alpha value is -0.750. The molecule has 6 heteroatoms. The van der Waals surface area contributed by atoms with Crippen molar-refractivity contribution in [1.29, 1.82) is 0 Å². The fourth-order valence-corrected chi connectivity index (χ4v) is 2.42. The Kier molecular flexibility index (Phi) is 4.50. The first-order valence-corrected chi connectivity index (χ1v) is 6.53. The monoisotopic (exact) mass is 262 g/mol. The molecule has 1 aliphatic heterocycles. The maximum Gasteiger partial charge on any atom is 0.248 e. The molecule has 0 bridgehead atoms. The number of amides is 1. The van der Waals surface area contributed by atoms with Crippen molar-refractivity contribution in [2.24, 2.45) is 5.92 Å². The average molecular weight is 262 g/mol. The molecule has 1 unspecified atom stereocenters. The molecule has 2 rings (SSSR count). The lowest BCUT2D eigenvalue weighted by atomic mass is 9.86. The smallest absolute Gasteiger partial charge is 0.248 e. The molecular weight excluding hydrogens is 242 g/mol. The van der Waals surface area contributed by atoms with E-state index >= 15 is 0 Å². The summed E-state index contributed by atoms with van der Waals surface area (Å²) in [5.74, 6) is -2.93. The SMILES string of the molecule is O=C(NCC1COCCN1)C1CCC(F)(F)CC1. The topological polar surface area (TPSA) is 50.4 Å². The number of carbonyl (C=O) groups is 1. The summed E-state index contributed by atoms with van der Waals surface area (Å²) in [5.41, 5.74) is 0. The van der Waals surface area contributed by atoms with Gasteiger partial charge in [0.25, 0.3) is 0 Å². The lowest BCUT2D eigenvalue weighted by Gasteiger charge is -2.29. The number of hydrogen-bond donors (Lipinski definition) is 2. The van der Waals surface area contributed by atoms with Crippen molar-refractivity contribution >= 4 is 5.91 Å². The number of ether oxygens (including phenoxy) is 1. The Balaban J connectivity index is 1.68. The molecular formula is C12H20F2N2O2. The first-order chi connectivity index (χ1) is 8.57. The number of hydrogen-bond acceptors (Lipinski definition) is 3. The normalized spacial score (nSPS) is 28.9. The van der Waals surface area contributed by atoms with E-state index in [2.05, 4.69) is 10.6 Å². The van der Waals surface area contributed by atoms with Gasteiger partial charge in [-0.05, 0) is 12.8 Å². The van der Waals surface area contributed by atoms with Crippen molar-refractivity contribution in [3.63, 3.8) is 0 Å². The predicted molar refractivity (Wildman–Crippen MR) is 62.5 cm³/mol. The number of alkyl halides is 2. The van der Waals surface area contributed by atoms with Gasteiger partial charge in [0.1, 0.15) is 0 Å². The number of halogens is 2. The highest BCUT2D eigenvalue weighted by molar-refractivity contribution is 5.78. The molecule has 0 aromatic rings. The van der Waals surface area contributed by atoms with Gasteiger partial charge in [-0.1, -0.05) is 0 Å². The summed E-state index contributed by atoms with van der Waals surface area (Å²) in [6.45, 7) is 2.58. The first kappa shape index (κ1) is 13.7. The zero-order valence-electron chi connectivity index (χ0n) is 10.4. The molecule has 1 aliphatic carbocycles. The number of carbonyl (C=O) groups excluding carboxylic acids is 1. The van der Waals surface area contributed by atoms with Crippen LogP contribution in [0.2, 0.25) is 0 Å². The van der Waals surface area contributed by atoms with Crippen LogP contribution in [0.1, 0.15) is 25.7 Å². The van der Waals surface area contributed by atoms with Gasteiger partial charge in [0.2, 0.25) is 11.8 Å². The first-order valence-electron chi connectivity index (χ1n) is 6.53. The molecule has 1 heterocycles. The van der Waals surface area contributed by atoms with Gasteiger partial charge in [-0.3, -0.25) is 4.79 Å². The minimum atomic E-state index is -2.57. The van der Waals surface area contributed by atoms with Crippen molar-refractivity contribution in [1.82, 2.24) is 10.6 Å². The highest BCUT2D eigenvalue weighted by Gasteiger charge is 2.37. The van der Waals surface area contributed by atoms with Crippen LogP contribution in [0.25, 0.3) is 0 Å². The van der Waals surface area contributed by atoms with Crippen molar-refractivity contribution < 1.29 is 18.3 Å². The molecule has 0 aromatic carbocycles. The molecule has 1 amide bonds. The number of morpholine rings is 1. The van der Waals surface area contributed by atoms with Crippen LogP contribution in [0.15, 0.2) is 0 Å². The van der Waals surface area contributed by atoms with E-state index < -0.39 is 5.92 Å². The van der Waals surface area contributed by atoms with Crippen LogP contribution < -0.4 is 10.6 Å². The highest BCUT2D eigenvalue weighted by Crippen LogP contribution is 2.36. The van der Waals surface area contributed by atoms with E-state index in [1.807, 2.05) is 0 Å². The van der Waals surface area contributed by atoms with Crippen molar-refractivity contribution in [2.45, 2.75) is 37.6 Å². The second-order valence-electron chi connectivity index (χ2n) is 5.10. The number of nitrogens with one attached hydrogen (secondary N) is 2. The minimum Gasteiger partial charge on any atom is -0.378 e. The van der Waals surface area contributed by atoms with Crippen LogP contribution in [0.5, 0.6) is 0 Å². The summed E-state index contributed by atoms with van der Waals surface area (Å²) < 4.78 is 31.2. The molecule has 104 valence electrons. The summed E-state index contributed by atoms with van der Waals surface area (Å²) in [7, 11) is 0. The highest BCUT2D eigenvalue weighted by atomic mass is 19.3. The van der Waals surface area contributed by atoms with Crippen molar-refractivity contribution in [3.8, 4) is 0 Å². The molecule has 1 atom stereocenters. The molecule has 0 radical (unpaired) electrons. The summed E-state index contributed by atoms with van der Waals surface area (Å²) in [6.07, 6.45) is 0.229. The molecule has 0 spiro atoms. The second-order valence-corrected chi connectivity index (χ2v) is 5.10. The van der Waals surface area contributed by atoms with E-state index in [1.54, 1.807) is 0 Å². The summed E-state index contributed by atoms with van der Waals surface area (Å²) in [6, 6.07) is 0.132. The Morgan fingerprint density at radius 1 is 1.39 bits per heavy atom. The average Bonchev–Trinajstić information content (AvgIpc) is 2.37. The van der Waals surface area contributed by atoms with Crippen LogP contribution in [-0.4, -0.2) is 44.2 Å². The zero-order chi connectivity index (χ0) is 13.0. The van der Waals surface area contributed by atoms with Gasteiger partial charge >= 0.3 is 0 Å². The molecule has 2 fully saturated rings. The van der Waals surface area contributed by atoms with Crippen LogP contribution >= 0.6 is 0 Å². The molecule has 18 heavy (non-hydrogen) atoms. The van der Waals surface area contributed by atoms with Crippen molar-refractivity contribution in [2.75, 3.05) is 26.3 Å². The Bertz CT molecular complexity index is 284. The molecule has 4 nitrogen and oxygen atoms in total. The maximum atomic E-state index is 13.0. The molecule has 1 saturated carbocycles. The molecule has 2 aliphatic rings. The molecule has 0 aromatic heterocycles. The van der Waals surface area contributed by atoms with Crippen molar-refractivity contribution in [3.05, 3.63) is 0 Å². The van der Waals surface area contributed by atoms with Crippen LogP contribution in [0, 0.1) is 5.92 Å². The van der Waals surface area contributed by atoms with E-state index in [9.17, 15) is 13.6 Å². The van der Waals surface area contributed by atoms with E-state index in [0.29, 0.717) is 19.8 Å². The quantitative estimate of drug-likeness (QED) is 0.795. The van der Waals surface area contributed by atoms with Gasteiger partial charge in [-0.25, -0.2) is 8.78 Å². The van der Waals surface area contributed by atoms with Gasteiger partial charge < -0.3 is 15.4 Å². The minimum absolute atomic E-state index is 0.0992. The van der Waals surface area contributed by atoms with E-state index in [0.717, 1.165) is 6.54 Å². The van der Waals surface area contributed by atoms with Gasteiger partial charge in [0, 0.05) is 37.9 Å². The second kappa shape index (κ2) is 5.93. The Labute approximate surface area is 105 Å². The lowest BCUT2D eigenvalue weighted by molar-refractivity contribution is -0.129. The number of rotatable bonds is 3. The van der Waals surface area contributed by atoms with Crippen LogP contribution in [0.3, 0.4) is 0 Å². The third kappa shape index (κ3) is 3.88. The maximum absolute atomic E-state index is 13.0. The van der Waals surface area contributed by atoms with Crippen LogP contribution in [0.4, 0.5) is 8.78 Å². The molecule has 1 saturated heterocycles. The summed E-state index contributed by atoms with van der Waals surface area (Å²) >= 11 is 0. The lowest BCUT2D eigenvalue weighted by Crippen LogP contribution is -2.49. The third-order valence-electron chi connectivity index (χ3n) is 3.61. The zero-order valence-corrected chi connectivity index (χ0v) is 10.4. The van der Waals surface area contributed by atoms with Gasteiger partial charge in [0.05, 0.1) is 13.2 Å². The standard InChI is InChI=1S/C12H20F2N2O2/c13-12(14)3-1-9(2-4-12)11(17)16-7-10-8-18-6-5-15-10/h9-10,15H,1-8H2,(H,16,17). The van der Waals surface area contributed by atoms with E-state index in [4.69, 9.17) is 4.74 Å². The summed E-state index contributed by atoms with van der Waals surface area (Å²) in [5, 5.41) is 6.05. The Morgan fingerprint density at radius 3 is 2.72 bits per heavy atom. The van der Waals surface area contributed by atoms with Gasteiger partial charge in [-0.15, -0.1) is 0 Å². The third-order valence-corrected chi connectivity index (χ3v) is 3.61. The van der Waals surface area contributed by atoms with Crippen LogP contribution in [-0.2, 0) is 9.53 Å². The largest absolute Gasteiger partial charge is 0.378 e. The van der Waals surface area contributed by atoms with E-state index in [-0.39, 0.29) is 43.6 Å². The fourth-order valence-electron chi connectivity index (χ4n) is 2.42. The van der Waals surface area contributed by atoms with E-state index in [1.165, 1.54) is 0 Å². The van der Waals surface area contributed by atoms with Gasteiger partial charge in [-0.2, -0.15) is 0 Å². The predicted octanol–water partition coefficient (Wildman–Crippen LogP) is 0.916. The summed E-state index contributed by atoms with van der Waals surface area (Å²) in [4.78, 5) is 11.8. The fraction of sp³-hybridized carbons (Fsp3) is 0.917. The van der Waals surface area contributed by atoms with Gasteiger partial charge in [0.15, 0.2) is 0 Å². The molecule has 2 N–H and O–H groups in total. The Morgan fingerprint density at radius 2 is 2.11 bits per heavy atom.